The van der Waals surface area contributed by atoms with Gasteiger partial charge in [-0.1, -0.05) is 83.4 Å². The Morgan fingerprint density at radius 3 is 2.44 bits per heavy atom. The van der Waals surface area contributed by atoms with E-state index in [2.05, 4.69) is 57.3 Å². The number of aliphatic hydroxyl groups excluding tert-OH is 2. The van der Waals surface area contributed by atoms with Crippen molar-refractivity contribution in [3.8, 4) is 0 Å². The lowest BCUT2D eigenvalue weighted by atomic mass is 9.84. The van der Waals surface area contributed by atoms with Crippen LogP contribution in [0.3, 0.4) is 0 Å². The molecule has 0 bridgehead atoms. The standard InChI is InChI=1S/C28H41NO3/c1-5-6-7-12-24(23-13-8-10-22(17-23)20-31)19-27(32)29-26-18-21(11-9-16-30)14-15-25(26)28(2,3)4/h8,10,13-15,17-18,24,30-31H,5-7,9,11-12,16,19-20H2,1-4H3,(H,29,32). The van der Waals surface area contributed by atoms with E-state index in [1.165, 1.54) is 0 Å². The van der Waals surface area contributed by atoms with Crippen LogP contribution in [0.2, 0.25) is 0 Å². The molecule has 0 aliphatic rings. The van der Waals surface area contributed by atoms with Gasteiger partial charge in [0, 0.05) is 18.7 Å². The molecule has 0 fully saturated rings. The zero-order valence-electron chi connectivity index (χ0n) is 20.3. The molecule has 176 valence electrons. The number of aryl methyl sites for hydroxylation is 1. The van der Waals surface area contributed by atoms with E-state index in [0.717, 1.165) is 60.0 Å². The smallest absolute Gasteiger partial charge is 0.224 e. The van der Waals surface area contributed by atoms with Crippen molar-refractivity contribution in [3.05, 3.63) is 64.7 Å². The number of benzene rings is 2. The Kier molecular flexibility index (Phi) is 10.4. The van der Waals surface area contributed by atoms with Crippen molar-refractivity contribution >= 4 is 11.6 Å². The molecule has 0 aliphatic carbocycles. The fraction of sp³-hybridized carbons (Fsp3) is 0.536. The summed E-state index contributed by atoms with van der Waals surface area (Å²) in [5.41, 5.74) is 5.02. The second-order valence-corrected chi connectivity index (χ2v) is 9.81. The molecule has 0 spiro atoms. The van der Waals surface area contributed by atoms with Crippen molar-refractivity contribution in [1.82, 2.24) is 0 Å². The van der Waals surface area contributed by atoms with E-state index in [-0.39, 0.29) is 30.5 Å². The third kappa shape index (κ3) is 8.07. The van der Waals surface area contributed by atoms with Gasteiger partial charge in [-0.3, -0.25) is 4.79 Å². The molecule has 3 N–H and O–H groups in total. The molecule has 0 aromatic heterocycles. The Morgan fingerprint density at radius 2 is 1.78 bits per heavy atom. The Balaban J connectivity index is 2.23. The normalized spacial score (nSPS) is 12.6. The number of aliphatic hydroxyl groups is 2. The second kappa shape index (κ2) is 12.8. The van der Waals surface area contributed by atoms with Gasteiger partial charge in [-0.15, -0.1) is 0 Å². The molecular weight excluding hydrogens is 398 g/mol. The lowest BCUT2D eigenvalue weighted by molar-refractivity contribution is -0.116. The van der Waals surface area contributed by atoms with Gasteiger partial charge in [0.2, 0.25) is 5.91 Å². The van der Waals surface area contributed by atoms with Crippen LogP contribution in [0.5, 0.6) is 0 Å². The van der Waals surface area contributed by atoms with Crippen molar-refractivity contribution in [2.24, 2.45) is 0 Å². The minimum atomic E-state index is -0.0892. The maximum absolute atomic E-state index is 13.2. The van der Waals surface area contributed by atoms with Crippen LogP contribution in [0.1, 0.15) is 94.4 Å². The van der Waals surface area contributed by atoms with E-state index in [1.54, 1.807) is 0 Å². The molecule has 4 nitrogen and oxygen atoms in total. The number of hydrogen-bond acceptors (Lipinski definition) is 3. The first kappa shape index (κ1) is 26.1. The van der Waals surface area contributed by atoms with Crippen LogP contribution in [0.15, 0.2) is 42.5 Å². The first-order valence-corrected chi connectivity index (χ1v) is 12.0. The molecule has 1 amide bonds. The van der Waals surface area contributed by atoms with Crippen molar-refractivity contribution < 1.29 is 15.0 Å². The van der Waals surface area contributed by atoms with Gasteiger partial charge < -0.3 is 15.5 Å². The highest BCUT2D eigenvalue weighted by molar-refractivity contribution is 5.92. The average Bonchev–Trinajstić information content (AvgIpc) is 2.76. The summed E-state index contributed by atoms with van der Waals surface area (Å²) in [6.07, 6.45) is 6.26. The van der Waals surface area contributed by atoms with E-state index >= 15 is 0 Å². The van der Waals surface area contributed by atoms with Gasteiger partial charge in [0.05, 0.1) is 6.61 Å². The molecule has 2 rings (SSSR count). The highest BCUT2D eigenvalue weighted by Crippen LogP contribution is 2.32. The second-order valence-electron chi connectivity index (χ2n) is 9.81. The van der Waals surface area contributed by atoms with Gasteiger partial charge >= 0.3 is 0 Å². The molecule has 0 heterocycles. The molecule has 2 aromatic carbocycles. The molecule has 0 aliphatic heterocycles. The lowest BCUT2D eigenvalue weighted by Crippen LogP contribution is -2.20. The number of hydrogen-bond donors (Lipinski definition) is 3. The fourth-order valence-corrected chi connectivity index (χ4v) is 4.19. The fourth-order valence-electron chi connectivity index (χ4n) is 4.19. The van der Waals surface area contributed by atoms with Crippen LogP contribution in [-0.4, -0.2) is 22.7 Å². The number of amides is 1. The summed E-state index contributed by atoms with van der Waals surface area (Å²) in [5, 5.41) is 21.9. The molecule has 0 radical (unpaired) electrons. The van der Waals surface area contributed by atoms with Crippen molar-refractivity contribution in [1.29, 1.82) is 0 Å². The SMILES string of the molecule is CCCCCC(CC(=O)Nc1cc(CCCO)ccc1C(C)(C)C)c1cccc(CO)c1. The molecule has 4 heteroatoms. The van der Waals surface area contributed by atoms with Crippen LogP contribution in [0, 0.1) is 0 Å². The van der Waals surface area contributed by atoms with Crippen LogP contribution >= 0.6 is 0 Å². The molecule has 1 atom stereocenters. The summed E-state index contributed by atoms with van der Waals surface area (Å²) in [5.74, 6) is 0.148. The first-order chi connectivity index (χ1) is 15.3. The Hall–Kier alpha value is -2.17. The number of anilines is 1. The van der Waals surface area contributed by atoms with E-state index < -0.39 is 0 Å². The third-order valence-electron chi connectivity index (χ3n) is 5.98. The average molecular weight is 440 g/mol. The summed E-state index contributed by atoms with van der Waals surface area (Å²) in [7, 11) is 0. The lowest BCUT2D eigenvalue weighted by Gasteiger charge is -2.25. The Morgan fingerprint density at radius 1 is 1.00 bits per heavy atom. The summed E-state index contributed by atoms with van der Waals surface area (Å²) in [4.78, 5) is 13.2. The minimum absolute atomic E-state index is 0.0112. The summed E-state index contributed by atoms with van der Waals surface area (Å²) in [6.45, 7) is 8.82. The summed E-state index contributed by atoms with van der Waals surface area (Å²) < 4.78 is 0. The van der Waals surface area contributed by atoms with Crippen LogP contribution < -0.4 is 5.32 Å². The Bertz CT molecular complexity index is 854. The van der Waals surface area contributed by atoms with Crippen LogP contribution in [0.25, 0.3) is 0 Å². The van der Waals surface area contributed by atoms with E-state index in [4.69, 9.17) is 0 Å². The Labute approximate surface area is 194 Å². The largest absolute Gasteiger partial charge is 0.396 e. The van der Waals surface area contributed by atoms with Crippen LogP contribution in [-0.2, 0) is 23.2 Å². The van der Waals surface area contributed by atoms with E-state index in [9.17, 15) is 15.0 Å². The van der Waals surface area contributed by atoms with E-state index in [1.807, 2.05) is 18.2 Å². The molecule has 32 heavy (non-hydrogen) atoms. The summed E-state index contributed by atoms with van der Waals surface area (Å²) in [6, 6.07) is 14.2. The highest BCUT2D eigenvalue weighted by atomic mass is 16.3. The first-order valence-electron chi connectivity index (χ1n) is 12.0. The maximum Gasteiger partial charge on any atom is 0.224 e. The van der Waals surface area contributed by atoms with Gasteiger partial charge in [0.15, 0.2) is 0 Å². The number of rotatable bonds is 12. The van der Waals surface area contributed by atoms with Crippen molar-refractivity contribution in [2.45, 2.75) is 90.6 Å². The summed E-state index contributed by atoms with van der Waals surface area (Å²) >= 11 is 0. The van der Waals surface area contributed by atoms with Gasteiger partial charge in [0.25, 0.3) is 0 Å². The molecule has 0 saturated carbocycles. The topological polar surface area (TPSA) is 69.6 Å². The van der Waals surface area contributed by atoms with Gasteiger partial charge in [-0.25, -0.2) is 0 Å². The minimum Gasteiger partial charge on any atom is -0.396 e. The monoisotopic (exact) mass is 439 g/mol. The maximum atomic E-state index is 13.2. The molecule has 0 saturated heterocycles. The molecular formula is C28H41NO3. The highest BCUT2D eigenvalue weighted by Gasteiger charge is 2.21. The predicted octanol–water partition coefficient (Wildman–Crippen LogP) is 6.09. The molecule has 2 aromatic rings. The van der Waals surface area contributed by atoms with E-state index in [0.29, 0.717) is 12.8 Å². The van der Waals surface area contributed by atoms with Crippen molar-refractivity contribution in [2.75, 3.05) is 11.9 Å². The quantitative estimate of drug-likeness (QED) is 0.350. The number of nitrogens with one attached hydrogen (secondary N) is 1. The number of carbonyl (C=O) groups excluding carboxylic acids is 1. The third-order valence-corrected chi connectivity index (χ3v) is 5.98. The zero-order valence-corrected chi connectivity index (χ0v) is 20.3. The molecule has 1 unspecified atom stereocenters. The van der Waals surface area contributed by atoms with Gasteiger partial charge in [-0.2, -0.15) is 0 Å². The van der Waals surface area contributed by atoms with Gasteiger partial charge in [0.1, 0.15) is 0 Å². The van der Waals surface area contributed by atoms with Gasteiger partial charge in [-0.05, 0) is 58.9 Å². The predicted molar refractivity (Wildman–Crippen MR) is 133 cm³/mol. The van der Waals surface area contributed by atoms with Crippen LogP contribution in [0.4, 0.5) is 5.69 Å². The zero-order chi connectivity index (χ0) is 23.6. The number of carbonyl (C=O) groups is 1. The number of unbranched alkanes of at least 4 members (excludes halogenated alkanes) is 2. The van der Waals surface area contributed by atoms with Crippen molar-refractivity contribution in [3.63, 3.8) is 0 Å².